The molecule has 0 saturated carbocycles. The zero-order chi connectivity index (χ0) is 23.9. The van der Waals surface area contributed by atoms with E-state index in [9.17, 15) is 18.4 Å². The van der Waals surface area contributed by atoms with E-state index in [4.69, 9.17) is 4.74 Å². The number of halogens is 2. The smallest absolute Gasteiger partial charge is 0.331 e. The number of benzene rings is 3. The Hall–Kier alpha value is -4.59. The zero-order valence-corrected chi connectivity index (χ0v) is 17.8. The molecule has 0 aliphatic heterocycles. The minimum Gasteiger partial charge on any atom is -0.452 e. The Morgan fingerprint density at radius 1 is 0.941 bits per heavy atom. The Kier molecular flexibility index (Phi) is 6.88. The highest BCUT2D eigenvalue weighted by atomic mass is 19.1. The van der Waals surface area contributed by atoms with Gasteiger partial charge in [-0.1, -0.05) is 30.3 Å². The van der Waals surface area contributed by atoms with Gasteiger partial charge in [0.2, 0.25) is 0 Å². The average Bonchev–Trinajstić information content (AvgIpc) is 3.28. The summed E-state index contributed by atoms with van der Waals surface area (Å²) in [5.41, 5.74) is 2.58. The van der Waals surface area contributed by atoms with Crippen LogP contribution in [-0.4, -0.2) is 28.3 Å². The lowest BCUT2D eigenvalue weighted by Crippen LogP contribution is -2.20. The number of rotatable bonds is 7. The lowest BCUT2D eigenvalue weighted by atomic mass is 10.1. The molecule has 0 bridgehead atoms. The standard InChI is InChI=1S/C26H19F2N3O3/c27-20-13-10-18(11-14-20)26-19(16-31(30-26)21-6-2-1-3-7-21)12-15-25(33)34-17-24(32)29-23-9-5-4-8-22(23)28/h1-16H,17H2,(H,29,32)/b15-12+. The second-order valence-corrected chi connectivity index (χ2v) is 7.19. The molecule has 0 fully saturated rings. The van der Waals surface area contributed by atoms with Crippen molar-refractivity contribution in [2.45, 2.75) is 0 Å². The molecule has 1 amide bonds. The van der Waals surface area contributed by atoms with Crippen molar-refractivity contribution in [1.29, 1.82) is 0 Å². The van der Waals surface area contributed by atoms with Gasteiger partial charge < -0.3 is 10.1 Å². The molecule has 0 spiro atoms. The van der Waals surface area contributed by atoms with Crippen LogP contribution in [0.1, 0.15) is 5.56 Å². The van der Waals surface area contributed by atoms with Gasteiger partial charge in [-0.3, -0.25) is 4.79 Å². The first-order valence-electron chi connectivity index (χ1n) is 10.3. The second-order valence-electron chi connectivity index (χ2n) is 7.19. The Morgan fingerprint density at radius 3 is 2.38 bits per heavy atom. The van der Waals surface area contributed by atoms with Crippen LogP contribution in [0.3, 0.4) is 0 Å². The molecule has 8 heteroatoms. The van der Waals surface area contributed by atoms with E-state index >= 15 is 0 Å². The molecule has 0 unspecified atom stereocenters. The van der Waals surface area contributed by atoms with Crippen molar-refractivity contribution < 1.29 is 23.1 Å². The molecule has 6 nitrogen and oxygen atoms in total. The van der Waals surface area contributed by atoms with Gasteiger partial charge in [0.15, 0.2) is 6.61 Å². The molecule has 1 N–H and O–H groups in total. The highest BCUT2D eigenvalue weighted by molar-refractivity contribution is 5.95. The molecule has 170 valence electrons. The van der Waals surface area contributed by atoms with E-state index in [1.807, 2.05) is 30.3 Å². The van der Waals surface area contributed by atoms with Gasteiger partial charge in [0.1, 0.15) is 11.6 Å². The number of ether oxygens (including phenoxy) is 1. The predicted molar refractivity (Wildman–Crippen MR) is 124 cm³/mol. The van der Waals surface area contributed by atoms with Gasteiger partial charge in [0, 0.05) is 23.4 Å². The summed E-state index contributed by atoms with van der Waals surface area (Å²) in [6.07, 6.45) is 4.39. The summed E-state index contributed by atoms with van der Waals surface area (Å²) in [7, 11) is 0. The summed E-state index contributed by atoms with van der Waals surface area (Å²) in [5, 5.41) is 6.92. The largest absolute Gasteiger partial charge is 0.452 e. The number of carbonyl (C=O) groups excluding carboxylic acids is 2. The molecule has 0 saturated heterocycles. The van der Waals surface area contributed by atoms with Crippen LogP contribution in [0.5, 0.6) is 0 Å². The van der Waals surface area contributed by atoms with Crippen LogP contribution < -0.4 is 5.32 Å². The fourth-order valence-corrected chi connectivity index (χ4v) is 3.15. The van der Waals surface area contributed by atoms with Crippen molar-refractivity contribution in [1.82, 2.24) is 9.78 Å². The van der Waals surface area contributed by atoms with Gasteiger partial charge in [0.25, 0.3) is 5.91 Å². The predicted octanol–water partition coefficient (Wildman–Crippen LogP) is 5.01. The summed E-state index contributed by atoms with van der Waals surface area (Å²) in [5.74, 6) is -2.40. The van der Waals surface area contributed by atoms with Gasteiger partial charge in [-0.15, -0.1) is 0 Å². The Balaban J connectivity index is 1.48. The van der Waals surface area contributed by atoms with Crippen molar-refractivity contribution in [2.75, 3.05) is 11.9 Å². The van der Waals surface area contributed by atoms with Crippen LogP contribution in [0, 0.1) is 11.6 Å². The Bertz CT molecular complexity index is 1330. The summed E-state index contributed by atoms with van der Waals surface area (Å²) in [6, 6.07) is 20.9. The molecule has 1 aromatic heterocycles. The topological polar surface area (TPSA) is 73.2 Å². The molecule has 1 heterocycles. The van der Waals surface area contributed by atoms with E-state index in [0.717, 1.165) is 11.8 Å². The number of anilines is 1. The maximum atomic E-state index is 13.6. The quantitative estimate of drug-likeness (QED) is 0.311. The van der Waals surface area contributed by atoms with Crippen molar-refractivity contribution >= 4 is 23.6 Å². The van der Waals surface area contributed by atoms with Crippen LogP contribution in [0.25, 0.3) is 23.0 Å². The number of aromatic nitrogens is 2. The molecule has 0 atom stereocenters. The highest BCUT2D eigenvalue weighted by Gasteiger charge is 2.12. The molecule has 0 aliphatic carbocycles. The zero-order valence-electron chi connectivity index (χ0n) is 17.8. The number of amides is 1. The fraction of sp³-hybridized carbons (Fsp3) is 0.0385. The first-order valence-corrected chi connectivity index (χ1v) is 10.3. The molecule has 4 aromatic rings. The van der Waals surface area contributed by atoms with Gasteiger partial charge in [-0.05, 0) is 54.6 Å². The first-order chi connectivity index (χ1) is 16.5. The van der Waals surface area contributed by atoms with E-state index in [1.165, 1.54) is 36.4 Å². The van der Waals surface area contributed by atoms with E-state index in [2.05, 4.69) is 10.4 Å². The van der Waals surface area contributed by atoms with Crippen LogP contribution in [0.4, 0.5) is 14.5 Å². The van der Waals surface area contributed by atoms with E-state index in [-0.39, 0.29) is 11.5 Å². The third kappa shape index (κ3) is 5.60. The van der Waals surface area contributed by atoms with Gasteiger partial charge in [0.05, 0.1) is 17.1 Å². The third-order valence-corrected chi connectivity index (χ3v) is 4.77. The Labute approximate surface area is 194 Å². The average molecular weight is 459 g/mol. The second kappa shape index (κ2) is 10.4. The molecular weight excluding hydrogens is 440 g/mol. The summed E-state index contributed by atoms with van der Waals surface area (Å²) < 4.78 is 33.6. The van der Waals surface area contributed by atoms with Crippen molar-refractivity contribution in [3.63, 3.8) is 0 Å². The molecular formula is C26H19F2N3O3. The van der Waals surface area contributed by atoms with E-state index < -0.39 is 24.3 Å². The number of hydrogen-bond donors (Lipinski definition) is 1. The van der Waals surface area contributed by atoms with Crippen LogP contribution in [0.15, 0.2) is 91.1 Å². The lowest BCUT2D eigenvalue weighted by Gasteiger charge is -2.06. The van der Waals surface area contributed by atoms with Gasteiger partial charge in [-0.2, -0.15) is 5.10 Å². The molecule has 34 heavy (non-hydrogen) atoms. The molecule has 4 rings (SSSR count). The number of esters is 1. The monoisotopic (exact) mass is 459 g/mol. The summed E-state index contributed by atoms with van der Waals surface area (Å²) >= 11 is 0. The van der Waals surface area contributed by atoms with Gasteiger partial charge in [-0.25, -0.2) is 18.3 Å². The summed E-state index contributed by atoms with van der Waals surface area (Å²) in [6.45, 7) is -0.578. The van der Waals surface area contributed by atoms with Crippen molar-refractivity contribution in [3.05, 3.63) is 108 Å². The number of carbonyl (C=O) groups is 2. The van der Waals surface area contributed by atoms with Crippen molar-refractivity contribution in [3.8, 4) is 16.9 Å². The molecule has 0 aliphatic rings. The third-order valence-electron chi connectivity index (χ3n) is 4.77. The van der Waals surface area contributed by atoms with Crippen LogP contribution in [-0.2, 0) is 14.3 Å². The minimum atomic E-state index is -0.763. The SMILES string of the molecule is O=C(COC(=O)/C=C/c1cn(-c2ccccc2)nc1-c1ccc(F)cc1)Nc1ccccc1F. The van der Waals surface area contributed by atoms with E-state index in [0.29, 0.717) is 16.8 Å². The van der Waals surface area contributed by atoms with Crippen LogP contribution in [0.2, 0.25) is 0 Å². The summed E-state index contributed by atoms with van der Waals surface area (Å²) in [4.78, 5) is 24.1. The maximum Gasteiger partial charge on any atom is 0.331 e. The van der Waals surface area contributed by atoms with Gasteiger partial charge >= 0.3 is 5.97 Å². The Morgan fingerprint density at radius 2 is 1.65 bits per heavy atom. The van der Waals surface area contributed by atoms with E-state index in [1.54, 1.807) is 29.1 Å². The highest BCUT2D eigenvalue weighted by Crippen LogP contribution is 2.25. The fourth-order valence-electron chi connectivity index (χ4n) is 3.15. The van der Waals surface area contributed by atoms with Crippen LogP contribution >= 0.6 is 0 Å². The maximum absolute atomic E-state index is 13.6. The minimum absolute atomic E-state index is 0.00337. The van der Waals surface area contributed by atoms with Crippen molar-refractivity contribution in [2.24, 2.45) is 0 Å². The molecule has 0 radical (unpaired) electrons. The normalized spacial score (nSPS) is 10.9. The number of nitrogens with one attached hydrogen (secondary N) is 1. The lowest BCUT2D eigenvalue weighted by molar-refractivity contribution is -0.142. The molecule has 3 aromatic carbocycles. The number of para-hydroxylation sites is 2. The first kappa shape index (κ1) is 22.6. The number of hydrogen-bond acceptors (Lipinski definition) is 4. The number of nitrogens with zero attached hydrogens (tertiary/aromatic N) is 2.